The molecule has 0 spiro atoms. The van der Waals surface area contributed by atoms with Crippen molar-refractivity contribution >= 4 is 0 Å². The van der Waals surface area contributed by atoms with E-state index in [1.54, 1.807) is 0 Å². The van der Waals surface area contributed by atoms with Gasteiger partial charge in [0.05, 0.1) is 0 Å². The second-order valence-electron chi connectivity index (χ2n) is 4.02. The molecule has 0 aromatic carbocycles. The van der Waals surface area contributed by atoms with Crippen LogP contribution in [0.15, 0.2) is 0 Å². The maximum Gasteiger partial charge on any atom is 0.00957 e. The maximum absolute atomic E-state index is 3.60. The number of hydrogen-bond donors (Lipinski definition) is 1. The average molecular weight is 141 g/mol. The van der Waals surface area contributed by atoms with Gasteiger partial charge in [0, 0.05) is 12.1 Å². The van der Waals surface area contributed by atoms with Crippen LogP contribution < -0.4 is 5.32 Å². The number of nitrogens with one attached hydrogen (secondary N) is 1. The molecule has 1 aliphatic rings. The standard InChI is InChI=1S/C9H19N/c1-6(2)9-5-7(3)8(4)10-9/h6-10H,5H2,1-4H3. The fourth-order valence-corrected chi connectivity index (χ4v) is 1.64. The van der Waals surface area contributed by atoms with Gasteiger partial charge in [-0.05, 0) is 25.2 Å². The van der Waals surface area contributed by atoms with Crippen LogP contribution in [0.3, 0.4) is 0 Å². The molecule has 1 rings (SSSR count). The lowest BCUT2D eigenvalue weighted by atomic mass is 9.97. The van der Waals surface area contributed by atoms with Crippen molar-refractivity contribution in [3.05, 3.63) is 0 Å². The third-order valence-electron chi connectivity index (χ3n) is 2.76. The first-order valence-electron chi connectivity index (χ1n) is 4.37. The van der Waals surface area contributed by atoms with Crippen molar-refractivity contribution in [1.29, 1.82) is 0 Å². The third kappa shape index (κ3) is 1.51. The van der Waals surface area contributed by atoms with Gasteiger partial charge in [-0.3, -0.25) is 0 Å². The zero-order chi connectivity index (χ0) is 7.72. The molecule has 3 unspecified atom stereocenters. The van der Waals surface area contributed by atoms with Gasteiger partial charge in [-0.15, -0.1) is 0 Å². The van der Waals surface area contributed by atoms with Crippen LogP contribution in [0.2, 0.25) is 0 Å². The minimum absolute atomic E-state index is 0.729. The highest BCUT2D eigenvalue weighted by Gasteiger charge is 2.28. The maximum atomic E-state index is 3.60. The SMILES string of the molecule is CC(C)C1CC(C)C(C)N1. The van der Waals surface area contributed by atoms with Crippen molar-refractivity contribution in [1.82, 2.24) is 5.32 Å². The smallest absolute Gasteiger partial charge is 0.00957 e. The molecule has 1 heterocycles. The van der Waals surface area contributed by atoms with Crippen LogP contribution in [-0.4, -0.2) is 12.1 Å². The average Bonchev–Trinajstić information content (AvgIpc) is 2.13. The lowest BCUT2D eigenvalue weighted by Gasteiger charge is -2.14. The van der Waals surface area contributed by atoms with Crippen molar-refractivity contribution in [2.24, 2.45) is 11.8 Å². The summed E-state index contributed by atoms with van der Waals surface area (Å²) < 4.78 is 0. The molecular formula is C9H19N. The molecule has 1 saturated heterocycles. The van der Waals surface area contributed by atoms with E-state index in [4.69, 9.17) is 0 Å². The molecule has 3 atom stereocenters. The molecule has 1 nitrogen and oxygen atoms in total. The normalized spacial score (nSPS) is 41.1. The highest BCUT2D eigenvalue weighted by molar-refractivity contribution is 4.87. The summed E-state index contributed by atoms with van der Waals surface area (Å²) in [5.74, 6) is 1.67. The molecule has 10 heavy (non-hydrogen) atoms. The molecule has 0 aromatic heterocycles. The van der Waals surface area contributed by atoms with Crippen LogP contribution in [0.5, 0.6) is 0 Å². The first-order chi connectivity index (χ1) is 4.61. The van der Waals surface area contributed by atoms with Gasteiger partial charge >= 0.3 is 0 Å². The molecule has 1 aliphatic heterocycles. The van der Waals surface area contributed by atoms with Crippen molar-refractivity contribution in [3.8, 4) is 0 Å². The Labute approximate surface area is 64.2 Å². The van der Waals surface area contributed by atoms with E-state index in [1.165, 1.54) is 6.42 Å². The second-order valence-corrected chi connectivity index (χ2v) is 4.02. The van der Waals surface area contributed by atoms with Gasteiger partial charge in [0.2, 0.25) is 0 Å². The topological polar surface area (TPSA) is 12.0 Å². The van der Waals surface area contributed by atoms with Gasteiger partial charge in [0.15, 0.2) is 0 Å². The summed E-state index contributed by atoms with van der Waals surface area (Å²) in [6, 6.07) is 1.50. The fraction of sp³-hybridized carbons (Fsp3) is 1.00. The van der Waals surface area contributed by atoms with Gasteiger partial charge < -0.3 is 5.32 Å². The van der Waals surface area contributed by atoms with Crippen LogP contribution >= 0.6 is 0 Å². The molecule has 0 aromatic rings. The Morgan fingerprint density at radius 3 is 2.10 bits per heavy atom. The first-order valence-corrected chi connectivity index (χ1v) is 4.37. The van der Waals surface area contributed by atoms with E-state index in [1.807, 2.05) is 0 Å². The Balaban J connectivity index is 2.41. The van der Waals surface area contributed by atoms with Gasteiger partial charge in [-0.1, -0.05) is 20.8 Å². The molecule has 0 radical (unpaired) electrons. The predicted molar refractivity (Wildman–Crippen MR) is 45.0 cm³/mol. The molecule has 1 fully saturated rings. The van der Waals surface area contributed by atoms with Crippen molar-refractivity contribution in [3.63, 3.8) is 0 Å². The quantitative estimate of drug-likeness (QED) is 0.589. The van der Waals surface area contributed by atoms with E-state index in [0.717, 1.165) is 23.9 Å². The lowest BCUT2D eigenvalue weighted by Crippen LogP contribution is -2.31. The minimum atomic E-state index is 0.729. The van der Waals surface area contributed by atoms with E-state index in [-0.39, 0.29) is 0 Å². The van der Waals surface area contributed by atoms with Gasteiger partial charge in [-0.2, -0.15) is 0 Å². The summed E-state index contributed by atoms with van der Waals surface area (Å²) in [4.78, 5) is 0. The van der Waals surface area contributed by atoms with Crippen molar-refractivity contribution < 1.29 is 0 Å². The van der Waals surface area contributed by atoms with E-state index in [0.29, 0.717) is 0 Å². The molecular weight excluding hydrogens is 122 g/mol. The van der Waals surface area contributed by atoms with E-state index in [2.05, 4.69) is 33.0 Å². The van der Waals surface area contributed by atoms with Crippen molar-refractivity contribution in [2.45, 2.75) is 46.2 Å². The molecule has 0 bridgehead atoms. The van der Waals surface area contributed by atoms with Crippen LogP contribution in [0.1, 0.15) is 34.1 Å². The lowest BCUT2D eigenvalue weighted by molar-refractivity contribution is 0.435. The van der Waals surface area contributed by atoms with Gasteiger partial charge in [0.25, 0.3) is 0 Å². The molecule has 0 aliphatic carbocycles. The molecule has 60 valence electrons. The zero-order valence-corrected chi connectivity index (χ0v) is 7.52. The zero-order valence-electron chi connectivity index (χ0n) is 7.52. The van der Waals surface area contributed by atoms with E-state index < -0.39 is 0 Å². The van der Waals surface area contributed by atoms with Crippen LogP contribution in [-0.2, 0) is 0 Å². The largest absolute Gasteiger partial charge is 0.311 e. The molecule has 0 amide bonds. The Hall–Kier alpha value is -0.0400. The Bertz CT molecular complexity index is 99.3. The number of rotatable bonds is 1. The fourth-order valence-electron chi connectivity index (χ4n) is 1.64. The highest BCUT2D eigenvalue weighted by Crippen LogP contribution is 2.23. The Morgan fingerprint density at radius 1 is 1.30 bits per heavy atom. The van der Waals surface area contributed by atoms with E-state index in [9.17, 15) is 0 Å². The molecule has 0 saturated carbocycles. The van der Waals surface area contributed by atoms with Crippen molar-refractivity contribution in [2.75, 3.05) is 0 Å². The summed E-state index contributed by atoms with van der Waals surface area (Å²) in [6.45, 7) is 9.21. The Kier molecular flexibility index (Phi) is 2.35. The molecule has 1 heteroatoms. The highest BCUT2D eigenvalue weighted by atomic mass is 15.0. The van der Waals surface area contributed by atoms with Crippen LogP contribution in [0.25, 0.3) is 0 Å². The minimum Gasteiger partial charge on any atom is -0.311 e. The van der Waals surface area contributed by atoms with Gasteiger partial charge in [0.1, 0.15) is 0 Å². The van der Waals surface area contributed by atoms with E-state index >= 15 is 0 Å². The Morgan fingerprint density at radius 2 is 1.90 bits per heavy atom. The molecule has 1 N–H and O–H groups in total. The summed E-state index contributed by atoms with van der Waals surface area (Å²) >= 11 is 0. The number of hydrogen-bond acceptors (Lipinski definition) is 1. The first kappa shape index (κ1) is 8.06. The van der Waals surface area contributed by atoms with Crippen LogP contribution in [0.4, 0.5) is 0 Å². The summed E-state index contributed by atoms with van der Waals surface area (Å²) in [5.41, 5.74) is 0. The summed E-state index contributed by atoms with van der Waals surface area (Å²) in [7, 11) is 0. The summed E-state index contributed by atoms with van der Waals surface area (Å²) in [5, 5.41) is 3.60. The monoisotopic (exact) mass is 141 g/mol. The van der Waals surface area contributed by atoms with Gasteiger partial charge in [-0.25, -0.2) is 0 Å². The van der Waals surface area contributed by atoms with Crippen LogP contribution in [0, 0.1) is 11.8 Å². The summed E-state index contributed by atoms with van der Waals surface area (Å²) in [6.07, 6.45) is 1.36. The second kappa shape index (κ2) is 2.91. The third-order valence-corrected chi connectivity index (χ3v) is 2.76. The predicted octanol–water partition coefficient (Wildman–Crippen LogP) is 2.03.